The Bertz CT molecular complexity index is 188. The smallest absolute Gasteiger partial charge is 0.314 e. The Morgan fingerprint density at radius 3 is 2.87 bits per heavy atom. The van der Waals surface area contributed by atoms with Gasteiger partial charge in [-0.3, -0.25) is 0 Å². The highest BCUT2D eigenvalue weighted by atomic mass is 16.2. The minimum absolute atomic E-state index is 0.0548. The number of rotatable bonds is 4. The van der Waals surface area contributed by atoms with Crippen LogP contribution in [0.3, 0.4) is 0 Å². The summed E-state index contributed by atoms with van der Waals surface area (Å²) in [6.07, 6.45) is 4.88. The average Bonchev–Trinajstić information content (AvgIpc) is 2.18. The van der Waals surface area contributed by atoms with Gasteiger partial charge in [-0.15, -0.1) is 0 Å². The molecule has 0 aromatic carbocycles. The number of hydrogen-bond donors (Lipinski definition) is 3. The fourth-order valence-corrected chi connectivity index (χ4v) is 1.84. The Labute approximate surface area is 92.2 Å². The summed E-state index contributed by atoms with van der Waals surface area (Å²) >= 11 is 0. The van der Waals surface area contributed by atoms with Gasteiger partial charge in [-0.05, 0) is 39.7 Å². The molecule has 1 atom stereocenters. The molecular formula is C11H23N3O. The second-order valence-corrected chi connectivity index (χ2v) is 4.49. The topological polar surface area (TPSA) is 53.2 Å². The number of carbonyl (C=O) groups excluding carboxylic acids is 1. The average molecular weight is 213 g/mol. The van der Waals surface area contributed by atoms with Gasteiger partial charge >= 0.3 is 6.03 Å². The lowest BCUT2D eigenvalue weighted by molar-refractivity contribution is 0.237. The molecule has 0 radical (unpaired) electrons. The lowest BCUT2D eigenvalue weighted by Crippen LogP contribution is -2.42. The number of amides is 2. The van der Waals surface area contributed by atoms with Crippen molar-refractivity contribution in [2.75, 3.05) is 13.1 Å². The predicted octanol–water partition coefficient (Wildman–Crippen LogP) is 1.23. The van der Waals surface area contributed by atoms with E-state index in [0.717, 1.165) is 19.5 Å². The van der Waals surface area contributed by atoms with Crippen LogP contribution in [-0.2, 0) is 0 Å². The third-order valence-corrected chi connectivity index (χ3v) is 2.61. The van der Waals surface area contributed by atoms with E-state index in [2.05, 4.69) is 16.0 Å². The maximum absolute atomic E-state index is 11.3. The molecule has 1 rings (SSSR count). The van der Waals surface area contributed by atoms with E-state index >= 15 is 0 Å². The summed E-state index contributed by atoms with van der Waals surface area (Å²) in [5.74, 6) is 0. The first-order chi connectivity index (χ1) is 7.18. The molecule has 1 unspecified atom stereocenters. The van der Waals surface area contributed by atoms with Gasteiger partial charge in [0.05, 0.1) is 0 Å². The van der Waals surface area contributed by atoms with Crippen LogP contribution in [0.25, 0.3) is 0 Å². The van der Waals surface area contributed by atoms with Gasteiger partial charge in [0.2, 0.25) is 0 Å². The number of piperidine rings is 1. The lowest BCUT2D eigenvalue weighted by Gasteiger charge is -2.23. The number of urea groups is 1. The van der Waals surface area contributed by atoms with E-state index in [1.807, 2.05) is 13.8 Å². The summed E-state index contributed by atoms with van der Waals surface area (Å²) in [5, 5.41) is 9.14. The van der Waals surface area contributed by atoms with Gasteiger partial charge in [-0.2, -0.15) is 0 Å². The molecule has 2 amide bonds. The van der Waals surface area contributed by atoms with Gasteiger partial charge in [0.25, 0.3) is 0 Å². The molecule has 0 aromatic heterocycles. The van der Waals surface area contributed by atoms with Crippen LogP contribution in [0.5, 0.6) is 0 Å². The van der Waals surface area contributed by atoms with Crippen molar-refractivity contribution in [3.63, 3.8) is 0 Å². The molecule has 0 bridgehead atoms. The zero-order valence-electron chi connectivity index (χ0n) is 9.81. The van der Waals surface area contributed by atoms with Crippen molar-refractivity contribution < 1.29 is 4.79 Å². The van der Waals surface area contributed by atoms with Crippen LogP contribution >= 0.6 is 0 Å². The van der Waals surface area contributed by atoms with Gasteiger partial charge < -0.3 is 16.0 Å². The van der Waals surface area contributed by atoms with Gasteiger partial charge in [0.15, 0.2) is 0 Å². The van der Waals surface area contributed by atoms with E-state index < -0.39 is 0 Å². The Hall–Kier alpha value is -0.770. The van der Waals surface area contributed by atoms with Crippen molar-refractivity contribution in [2.24, 2.45) is 0 Å². The molecule has 0 saturated carbocycles. The van der Waals surface area contributed by atoms with Crippen LogP contribution in [-0.4, -0.2) is 31.2 Å². The zero-order chi connectivity index (χ0) is 11.1. The van der Waals surface area contributed by atoms with Crippen LogP contribution in [0.15, 0.2) is 0 Å². The molecule has 15 heavy (non-hydrogen) atoms. The minimum atomic E-state index is -0.0548. The Balaban J connectivity index is 2.02. The highest BCUT2D eigenvalue weighted by Gasteiger charge is 2.12. The molecule has 1 saturated heterocycles. The van der Waals surface area contributed by atoms with Crippen LogP contribution in [0.4, 0.5) is 4.79 Å². The molecular weight excluding hydrogens is 190 g/mol. The second-order valence-electron chi connectivity index (χ2n) is 4.49. The molecule has 0 aromatic rings. The van der Waals surface area contributed by atoms with Crippen molar-refractivity contribution in [1.82, 2.24) is 16.0 Å². The van der Waals surface area contributed by atoms with E-state index in [0.29, 0.717) is 6.04 Å². The zero-order valence-corrected chi connectivity index (χ0v) is 9.81. The van der Waals surface area contributed by atoms with E-state index in [4.69, 9.17) is 0 Å². The molecule has 0 spiro atoms. The summed E-state index contributed by atoms with van der Waals surface area (Å²) in [6, 6.07) is 0.747. The standard InChI is InChI=1S/C11H23N3O/c1-9(2)14-11(15)13-8-6-10-5-3-4-7-12-10/h9-10,12H,3-8H2,1-2H3,(H2,13,14,15). The number of carbonyl (C=O) groups is 1. The first kappa shape index (κ1) is 12.3. The summed E-state index contributed by atoms with van der Waals surface area (Å²) < 4.78 is 0. The fourth-order valence-electron chi connectivity index (χ4n) is 1.84. The summed E-state index contributed by atoms with van der Waals surface area (Å²) in [6.45, 7) is 5.81. The molecule has 3 N–H and O–H groups in total. The van der Waals surface area contributed by atoms with Crippen LogP contribution in [0.2, 0.25) is 0 Å². The third kappa shape index (κ3) is 5.62. The number of hydrogen-bond acceptors (Lipinski definition) is 2. The monoisotopic (exact) mass is 213 g/mol. The molecule has 88 valence electrons. The molecule has 4 heteroatoms. The SMILES string of the molecule is CC(C)NC(=O)NCCC1CCCCN1. The normalized spacial score (nSPS) is 21.4. The molecule has 1 aliphatic rings. The Morgan fingerprint density at radius 1 is 1.47 bits per heavy atom. The van der Waals surface area contributed by atoms with Crippen molar-refractivity contribution in [1.29, 1.82) is 0 Å². The first-order valence-corrected chi connectivity index (χ1v) is 5.96. The van der Waals surface area contributed by atoms with Gasteiger partial charge in [-0.25, -0.2) is 4.79 Å². The van der Waals surface area contributed by atoms with Crippen LogP contribution in [0, 0.1) is 0 Å². The van der Waals surface area contributed by atoms with Gasteiger partial charge in [0, 0.05) is 18.6 Å². The molecule has 1 aliphatic heterocycles. The van der Waals surface area contributed by atoms with Crippen molar-refractivity contribution in [3.8, 4) is 0 Å². The first-order valence-electron chi connectivity index (χ1n) is 5.96. The van der Waals surface area contributed by atoms with Gasteiger partial charge in [-0.1, -0.05) is 6.42 Å². The highest BCUT2D eigenvalue weighted by molar-refractivity contribution is 5.73. The summed E-state index contributed by atoms with van der Waals surface area (Å²) in [5.41, 5.74) is 0. The Morgan fingerprint density at radius 2 is 2.27 bits per heavy atom. The van der Waals surface area contributed by atoms with E-state index in [-0.39, 0.29) is 12.1 Å². The third-order valence-electron chi connectivity index (χ3n) is 2.61. The van der Waals surface area contributed by atoms with Crippen LogP contribution < -0.4 is 16.0 Å². The minimum Gasteiger partial charge on any atom is -0.338 e. The Kier molecular flexibility index (Phi) is 5.47. The molecule has 0 aliphatic carbocycles. The maximum Gasteiger partial charge on any atom is 0.314 e. The molecule has 1 fully saturated rings. The highest BCUT2D eigenvalue weighted by Crippen LogP contribution is 2.08. The van der Waals surface area contributed by atoms with Crippen LogP contribution in [0.1, 0.15) is 39.5 Å². The molecule has 4 nitrogen and oxygen atoms in total. The summed E-state index contributed by atoms with van der Waals surface area (Å²) in [7, 11) is 0. The lowest BCUT2D eigenvalue weighted by atomic mass is 10.0. The number of nitrogens with one attached hydrogen (secondary N) is 3. The van der Waals surface area contributed by atoms with Crippen molar-refractivity contribution >= 4 is 6.03 Å². The largest absolute Gasteiger partial charge is 0.338 e. The van der Waals surface area contributed by atoms with E-state index in [9.17, 15) is 4.79 Å². The van der Waals surface area contributed by atoms with Crippen molar-refractivity contribution in [2.45, 2.75) is 51.6 Å². The molecule has 1 heterocycles. The fraction of sp³-hybridized carbons (Fsp3) is 0.909. The van der Waals surface area contributed by atoms with E-state index in [1.54, 1.807) is 0 Å². The maximum atomic E-state index is 11.3. The second kappa shape index (κ2) is 6.67. The van der Waals surface area contributed by atoms with Gasteiger partial charge in [0.1, 0.15) is 0 Å². The van der Waals surface area contributed by atoms with Crippen molar-refractivity contribution in [3.05, 3.63) is 0 Å². The summed E-state index contributed by atoms with van der Waals surface area (Å²) in [4.78, 5) is 11.3. The van der Waals surface area contributed by atoms with E-state index in [1.165, 1.54) is 19.3 Å². The quantitative estimate of drug-likeness (QED) is 0.658. The predicted molar refractivity (Wildman–Crippen MR) is 61.9 cm³/mol.